The van der Waals surface area contributed by atoms with E-state index in [-0.39, 0.29) is 11.5 Å². The van der Waals surface area contributed by atoms with Crippen molar-refractivity contribution in [1.82, 2.24) is 0 Å². The predicted molar refractivity (Wildman–Crippen MR) is 77.8 cm³/mol. The summed E-state index contributed by atoms with van der Waals surface area (Å²) in [6.07, 6.45) is 0. The smallest absolute Gasteiger partial charge is 0.157 e. The minimum atomic E-state index is -0.121. The number of anilines is 1. The molecule has 2 aromatic rings. The number of ether oxygens (including phenoxy) is 1. The molecule has 2 aromatic carbocycles. The van der Waals surface area contributed by atoms with E-state index >= 15 is 0 Å². The molecular weight excluding hydrogens is 310 g/mol. The van der Waals surface area contributed by atoms with E-state index in [0.29, 0.717) is 6.54 Å². The van der Waals surface area contributed by atoms with Gasteiger partial charge in [-0.2, -0.15) is 0 Å². The van der Waals surface area contributed by atoms with Crippen LogP contribution in [0.4, 0.5) is 5.69 Å². The van der Waals surface area contributed by atoms with Gasteiger partial charge in [0.2, 0.25) is 0 Å². The van der Waals surface area contributed by atoms with Crippen LogP contribution in [0.2, 0.25) is 0 Å². The monoisotopic (exact) mass is 323 g/mol. The molecule has 100 valence electrons. The molecule has 0 bridgehead atoms. The highest BCUT2D eigenvalue weighted by atomic mass is 79.9. The molecule has 0 amide bonds. The maximum absolute atomic E-state index is 9.43. The molecular formula is C14H14BrNO3. The number of halogens is 1. The lowest BCUT2D eigenvalue weighted by atomic mass is 10.2. The summed E-state index contributed by atoms with van der Waals surface area (Å²) in [4.78, 5) is 0. The van der Waals surface area contributed by atoms with Gasteiger partial charge in [0.05, 0.1) is 12.8 Å². The van der Waals surface area contributed by atoms with Crippen LogP contribution >= 0.6 is 15.9 Å². The van der Waals surface area contributed by atoms with Crippen LogP contribution in [-0.4, -0.2) is 17.3 Å². The maximum Gasteiger partial charge on any atom is 0.157 e. The van der Waals surface area contributed by atoms with Gasteiger partial charge in [-0.05, 0) is 45.8 Å². The van der Waals surface area contributed by atoms with Crippen LogP contribution in [0.1, 0.15) is 5.56 Å². The zero-order valence-corrected chi connectivity index (χ0v) is 11.9. The molecule has 0 saturated heterocycles. The van der Waals surface area contributed by atoms with Crippen molar-refractivity contribution in [2.75, 3.05) is 12.4 Å². The Kier molecular flexibility index (Phi) is 4.16. The molecule has 0 heterocycles. The first kappa shape index (κ1) is 13.5. The minimum absolute atomic E-state index is 0.119. The second kappa shape index (κ2) is 5.84. The molecule has 4 nitrogen and oxygen atoms in total. The van der Waals surface area contributed by atoms with Gasteiger partial charge in [0.1, 0.15) is 5.75 Å². The highest BCUT2D eigenvalue weighted by Crippen LogP contribution is 2.29. The van der Waals surface area contributed by atoms with Crippen LogP contribution in [0.25, 0.3) is 0 Å². The van der Waals surface area contributed by atoms with Crippen molar-refractivity contribution in [3.05, 3.63) is 46.4 Å². The van der Waals surface area contributed by atoms with E-state index in [0.717, 1.165) is 21.5 Å². The van der Waals surface area contributed by atoms with Crippen LogP contribution < -0.4 is 10.1 Å². The molecule has 0 saturated carbocycles. The summed E-state index contributed by atoms with van der Waals surface area (Å²) in [5, 5.41) is 21.9. The van der Waals surface area contributed by atoms with Gasteiger partial charge in [-0.3, -0.25) is 0 Å². The number of hydrogen-bond acceptors (Lipinski definition) is 4. The van der Waals surface area contributed by atoms with Gasteiger partial charge in [0, 0.05) is 17.1 Å². The highest BCUT2D eigenvalue weighted by Gasteiger charge is 2.04. The van der Waals surface area contributed by atoms with Gasteiger partial charge in [-0.25, -0.2) is 0 Å². The van der Waals surface area contributed by atoms with Crippen molar-refractivity contribution >= 4 is 21.6 Å². The number of methoxy groups -OCH3 is 1. The predicted octanol–water partition coefficient (Wildman–Crippen LogP) is 3.48. The highest BCUT2D eigenvalue weighted by molar-refractivity contribution is 9.10. The third-order valence-corrected chi connectivity index (χ3v) is 3.39. The SMILES string of the molecule is COc1ccc(Br)c(NCc2ccc(O)c(O)c2)c1. The lowest BCUT2D eigenvalue weighted by Gasteiger charge is -2.11. The Labute approximate surface area is 119 Å². The van der Waals surface area contributed by atoms with E-state index in [4.69, 9.17) is 4.74 Å². The van der Waals surface area contributed by atoms with Gasteiger partial charge >= 0.3 is 0 Å². The standard InChI is InChI=1S/C14H14BrNO3/c1-19-10-3-4-11(15)12(7-10)16-8-9-2-5-13(17)14(18)6-9/h2-7,16-18H,8H2,1H3. The topological polar surface area (TPSA) is 61.7 Å². The molecule has 2 rings (SSSR count). The van der Waals surface area contributed by atoms with Gasteiger partial charge in [-0.15, -0.1) is 0 Å². The summed E-state index contributed by atoms with van der Waals surface area (Å²) in [6, 6.07) is 10.4. The van der Waals surface area contributed by atoms with Crippen LogP contribution in [-0.2, 0) is 6.54 Å². The Balaban J connectivity index is 2.11. The number of aromatic hydroxyl groups is 2. The lowest BCUT2D eigenvalue weighted by molar-refractivity contribution is 0.403. The molecule has 0 aliphatic carbocycles. The minimum Gasteiger partial charge on any atom is -0.504 e. The average molecular weight is 324 g/mol. The Hall–Kier alpha value is -1.88. The van der Waals surface area contributed by atoms with Gasteiger partial charge in [-0.1, -0.05) is 6.07 Å². The second-order valence-electron chi connectivity index (χ2n) is 4.02. The van der Waals surface area contributed by atoms with E-state index < -0.39 is 0 Å². The molecule has 0 fully saturated rings. The molecule has 3 N–H and O–H groups in total. The Morgan fingerprint density at radius 1 is 1.11 bits per heavy atom. The number of hydrogen-bond donors (Lipinski definition) is 3. The Morgan fingerprint density at radius 3 is 2.58 bits per heavy atom. The van der Waals surface area contributed by atoms with Crippen LogP contribution in [0, 0.1) is 0 Å². The van der Waals surface area contributed by atoms with E-state index in [1.807, 2.05) is 18.2 Å². The largest absolute Gasteiger partial charge is 0.504 e. The summed E-state index contributed by atoms with van der Waals surface area (Å²) in [5.41, 5.74) is 1.76. The first-order valence-corrected chi connectivity index (χ1v) is 6.47. The van der Waals surface area contributed by atoms with E-state index in [2.05, 4.69) is 21.2 Å². The fraction of sp³-hybridized carbons (Fsp3) is 0.143. The molecule has 5 heteroatoms. The average Bonchev–Trinajstić information content (AvgIpc) is 2.41. The quantitative estimate of drug-likeness (QED) is 0.754. The van der Waals surface area contributed by atoms with Crippen molar-refractivity contribution < 1.29 is 14.9 Å². The summed E-state index contributed by atoms with van der Waals surface area (Å²) in [7, 11) is 1.62. The summed E-state index contributed by atoms with van der Waals surface area (Å²) < 4.78 is 6.09. The van der Waals surface area contributed by atoms with Crippen LogP contribution in [0.5, 0.6) is 17.2 Å². The third kappa shape index (κ3) is 3.32. The van der Waals surface area contributed by atoms with Gasteiger partial charge in [0.25, 0.3) is 0 Å². The number of phenols is 2. The lowest BCUT2D eigenvalue weighted by Crippen LogP contribution is -2.00. The number of benzene rings is 2. The van der Waals surface area contributed by atoms with Crippen LogP contribution in [0.3, 0.4) is 0 Å². The van der Waals surface area contributed by atoms with Crippen molar-refractivity contribution in [2.24, 2.45) is 0 Å². The molecule has 0 spiro atoms. The molecule has 0 aliphatic rings. The Bertz CT molecular complexity index is 587. The molecule has 0 unspecified atom stereocenters. The number of rotatable bonds is 4. The zero-order chi connectivity index (χ0) is 13.8. The van der Waals surface area contributed by atoms with Gasteiger partial charge in [0.15, 0.2) is 11.5 Å². The molecule has 0 aromatic heterocycles. The second-order valence-corrected chi connectivity index (χ2v) is 4.88. The number of nitrogens with one attached hydrogen (secondary N) is 1. The van der Waals surface area contributed by atoms with Gasteiger partial charge < -0.3 is 20.3 Å². The van der Waals surface area contributed by atoms with E-state index in [1.165, 1.54) is 12.1 Å². The zero-order valence-electron chi connectivity index (χ0n) is 10.4. The third-order valence-electron chi connectivity index (χ3n) is 2.70. The van der Waals surface area contributed by atoms with Crippen molar-refractivity contribution in [2.45, 2.75) is 6.54 Å². The fourth-order valence-electron chi connectivity index (χ4n) is 1.64. The Morgan fingerprint density at radius 2 is 1.89 bits per heavy atom. The molecule has 0 radical (unpaired) electrons. The maximum atomic E-state index is 9.43. The molecule has 19 heavy (non-hydrogen) atoms. The van der Waals surface area contributed by atoms with E-state index in [9.17, 15) is 10.2 Å². The first-order valence-electron chi connectivity index (χ1n) is 5.68. The van der Waals surface area contributed by atoms with Crippen molar-refractivity contribution in [3.8, 4) is 17.2 Å². The van der Waals surface area contributed by atoms with Crippen molar-refractivity contribution in [3.63, 3.8) is 0 Å². The van der Waals surface area contributed by atoms with E-state index in [1.54, 1.807) is 13.2 Å². The normalized spacial score (nSPS) is 10.2. The molecule has 0 atom stereocenters. The van der Waals surface area contributed by atoms with Crippen molar-refractivity contribution in [1.29, 1.82) is 0 Å². The summed E-state index contributed by atoms with van der Waals surface area (Å²) in [5.74, 6) is 0.523. The van der Waals surface area contributed by atoms with Crippen LogP contribution in [0.15, 0.2) is 40.9 Å². The summed E-state index contributed by atoms with van der Waals surface area (Å²) >= 11 is 3.45. The summed E-state index contributed by atoms with van der Waals surface area (Å²) in [6.45, 7) is 0.527. The first-order chi connectivity index (χ1) is 9.10. The molecule has 0 aliphatic heterocycles. The number of phenolic OH excluding ortho intramolecular Hbond substituents is 2. The fourth-order valence-corrected chi connectivity index (χ4v) is 2.03.